The summed E-state index contributed by atoms with van der Waals surface area (Å²) >= 11 is 5.81. The van der Waals surface area contributed by atoms with Crippen molar-refractivity contribution in [2.45, 2.75) is 25.3 Å². The van der Waals surface area contributed by atoms with Gasteiger partial charge in [0.25, 0.3) is 0 Å². The second-order valence-electron chi connectivity index (χ2n) is 4.63. The third kappa shape index (κ3) is 4.97. The lowest BCUT2D eigenvalue weighted by atomic mass is 10.3. The van der Waals surface area contributed by atoms with E-state index in [9.17, 15) is 12.8 Å². The fraction of sp³-hybridized carbons (Fsp3) is 0.500. The molecule has 0 bridgehead atoms. The van der Waals surface area contributed by atoms with E-state index < -0.39 is 15.8 Å². The van der Waals surface area contributed by atoms with Crippen molar-refractivity contribution in [3.8, 4) is 0 Å². The van der Waals surface area contributed by atoms with Crippen LogP contribution in [0.5, 0.6) is 0 Å². The number of sulfonamides is 1. The Morgan fingerprint density at radius 1 is 1.37 bits per heavy atom. The number of hydrogen-bond donors (Lipinski definition) is 2. The first-order chi connectivity index (χ1) is 8.96. The Hall–Kier alpha value is -0.850. The Bertz CT molecular complexity index is 547. The highest BCUT2D eigenvalue weighted by molar-refractivity contribution is 7.92. The van der Waals surface area contributed by atoms with Gasteiger partial charge in [-0.1, -0.05) is 11.6 Å². The van der Waals surface area contributed by atoms with E-state index >= 15 is 0 Å². The molecule has 0 aromatic heterocycles. The molecule has 19 heavy (non-hydrogen) atoms. The lowest BCUT2D eigenvalue weighted by molar-refractivity contribution is 0.593. The van der Waals surface area contributed by atoms with E-state index in [0.717, 1.165) is 6.07 Å². The summed E-state index contributed by atoms with van der Waals surface area (Å²) in [6.07, 6.45) is 2.85. The molecule has 0 saturated heterocycles. The SMILES string of the molecule is O=S(=O)(CCCNC1CC1)Nc1cc(F)ccc1Cl. The Morgan fingerprint density at radius 2 is 2.11 bits per heavy atom. The van der Waals surface area contributed by atoms with Gasteiger partial charge in [-0.2, -0.15) is 0 Å². The normalized spacial score (nSPS) is 15.5. The van der Waals surface area contributed by atoms with E-state index in [4.69, 9.17) is 11.6 Å². The van der Waals surface area contributed by atoms with Crippen LogP contribution in [0.4, 0.5) is 10.1 Å². The van der Waals surface area contributed by atoms with Gasteiger partial charge >= 0.3 is 0 Å². The molecule has 0 amide bonds. The van der Waals surface area contributed by atoms with Gasteiger partial charge in [0.1, 0.15) is 5.82 Å². The van der Waals surface area contributed by atoms with Gasteiger partial charge in [-0.3, -0.25) is 4.72 Å². The number of benzene rings is 1. The van der Waals surface area contributed by atoms with Gasteiger partial charge in [0.15, 0.2) is 0 Å². The standard InChI is InChI=1S/C12H16ClFN2O2S/c13-11-5-2-9(14)8-12(11)16-19(17,18)7-1-6-15-10-3-4-10/h2,5,8,10,15-16H,1,3-4,6-7H2. The maximum absolute atomic E-state index is 13.0. The monoisotopic (exact) mass is 306 g/mol. The molecule has 0 aliphatic heterocycles. The molecule has 106 valence electrons. The van der Waals surface area contributed by atoms with Crippen LogP contribution >= 0.6 is 11.6 Å². The highest BCUT2D eigenvalue weighted by Crippen LogP contribution is 2.23. The first-order valence-corrected chi connectivity index (χ1v) is 8.18. The lowest BCUT2D eigenvalue weighted by Gasteiger charge is -2.09. The molecule has 1 aromatic rings. The molecule has 0 heterocycles. The number of hydrogen-bond acceptors (Lipinski definition) is 3. The Balaban J connectivity index is 1.86. The van der Waals surface area contributed by atoms with Crippen molar-refractivity contribution in [2.75, 3.05) is 17.0 Å². The Labute approximate surface area is 117 Å². The molecule has 1 saturated carbocycles. The smallest absolute Gasteiger partial charge is 0.232 e. The maximum atomic E-state index is 13.0. The summed E-state index contributed by atoms with van der Waals surface area (Å²) in [5, 5.41) is 3.42. The van der Waals surface area contributed by atoms with Crippen molar-refractivity contribution in [3.63, 3.8) is 0 Å². The van der Waals surface area contributed by atoms with E-state index in [-0.39, 0.29) is 16.5 Å². The molecule has 2 rings (SSSR count). The second kappa shape index (κ2) is 6.07. The molecule has 1 aliphatic carbocycles. The number of anilines is 1. The van der Waals surface area contributed by atoms with Crippen LogP contribution in [0.3, 0.4) is 0 Å². The predicted octanol–water partition coefficient (Wildman–Crippen LogP) is 2.36. The van der Waals surface area contributed by atoms with Crippen LogP contribution in [-0.4, -0.2) is 26.8 Å². The van der Waals surface area contributed by atoms with Crippen molar-refractivity contribution in [3.05, 3.63) is 29.0 Å². The molecule has 1 fully saturated rings. The number of nitrogens with one attached hydrogen (secondary N) is 2. The van der Waals surface area contributed by atoms with E-state index in [1.165, 1.54) is 25.0 Å². The molecule has 2 N–H and O–H groups in total. The quantitative estimate of drug-likeness (QED) is 0.760. The van der Waals surface area contributed by atoms with Crippen LogP contribution in [0.2, 0.25) is 5.02 Å². The highest BCUT2D eigenvalue weighted by Gasteiger charge is 2.20. The van der Waals surface area contributed by atoms with Crippen LogP contribution in [0, 0.1) is 5.82 Å². The summed E-state index contributed by atoms with van der Waals surface area (Å²) in [4.78, 5) is 0. The molecule has 1 aromatic carbocycles. The first-order valence-electron chi connectivity index (χ1n) is 6.15. The topological polar surface area (TPSA) is 58.2 Å². The first kappa shape index (κ1) is 14.6. The van der Waals surface area contributed by atoms with Crippen molar-refractivity contribution in [1.29, 1.82) is 0 Å². The lowest BCUT2D eigenvalue weighted by Crippen LogP contribution is -2.23. The molecule has 0 spiro atoms. The Morgan fingerprint density at radius 3 is 2.79 bits per heavy atom. The van der Waals surface area contributed by atoms with Gasteiger partial charge < -0.3 is 5.32 Å². The summed E-state index contributed by atoms with van der Waals surface area (Å²) in [7, 11) is -3.49. The molecule has 7 heteroatoms. The van der Waals surface area contributed by atoms with Crippen molar-refractivity contribution < 1.29 is 12.8 Å². The van der Waals surface area contributed by atoms with Crippen LogP contribution < -0.4 is 10.0 Å². The van der Waals surface area contributed by atoms with Gasteiger partial charge in [-0.25, -0.2) is 12.8 Å². The second-order valence-corrected chi connectivity index (χ2v) is 6.88. The summed E-state index contributed by atoms with van der Waals surface area (Å²) in [6.45, 7) is 0.669. The van der Waals surface area contributed by atoms with E-state index in [1.54, 1.807) is 0 Å². The summed E-state index contributed by atoms with van der Waals surface area (Å²) < 4.78 is 38.9. The van der Waals surface area contributed by atoms with Gasteiger partial charge in [0.05, 0.1) is 16.5 Å². The molecular formula is C12H16ClFN2O2S. The van der Waals surface area contributed by atoms with E-state index in [2.05, 4.69) is 10.0 Å². The van der Waals surface area contributed by atoms with Gasteiger partial charge in [-0.05, 0) is 44.0 Å². The average molecular weight is 307 g/mol. The molecule has 0 unspecified atom stereocenters. The Kier molecular flexibility index (Phi) is 4.65. The van der Waals surface area contributed by atoms with Crippen LogP contribution in [0.25, 0.3) is 0 Å². The minimum absolute atomic E-state index is 0.0143. The largest absolute Gasteiger partial charge is 0.314 e. The average Bonchev–Trinajstić information content (AvgIpc) is 3.13. The van der Waals surface area contributed by atoms with Gasteiger partial charge in [0, 0.05) is 6.04 Å². The molecular weight excluding hydrogens is 291 g/mol. The van der Waals surface area contributed by atoms with Crippen molar-refractivity contribution in [2.24, 2.45) is 0 Å². The number of halogens is 2. The minimum atomic E-state index is -3.49. The number of rotatable bonds is 7. The zero-order valence-electron chi connectivity index (χ0n) is 10.3. The van der Waals surface area contributed by atoms with Gasteiger partial charge in [0.2, 0.25) is 10.0 Å². The van der Waals surface area contributed by atoms with Crippen LogP contribution in [0.15, 0.2) is 18.2 Å². The molecule has 4 nitrogen and oxygen atoms in total. The van der Waals surface area contributed by atoms with Crippen LogP contribution in [-0.2, 0) is 10.0 Å². The fourth-order valence-corrected chi connectivity index (χ4v) is 3.00. The minimum Gasteiger partial charge on any atom is -0.314 e. The highest BCUT2D eigenvalue weighted by atomic mass is 35.5. The van der Waals surface area contributed by atoms with E-state index in [0.29, 0.717) is 19.0 Å². The third-order valence-corrected chi connectivity index (χ3v) is 4.48. The fourth-order valence-electron chi connectivity index (χ4n) is 1.65. The summed E-state index contributed by atoms with van der Waals surface area (Å²) in [5.41, 5.74) is 0.0804. The van der Waals surface area contributed by atoms with Crippen molar-refractivity contribution >= 4 is 27.3 Å². The summed E-state index contributed by atoms with van der Waals surface area (Å²) in [6, 6.07) is 4.14. The molecule has 0 atom stereocenters. The summed E-state index contributed by atoms with van der Waals surface area (Å²) in [5.74, 6) is -0.544. The van der Waals surface area contributed by atoms with Crippen LogP contribution in [0.1, 0.15) is 19.3 Å². The molecule has 1 aliphatic rings. The zero-order chi connectivity index (χ0) is 13.9. The predicted molar refractivity (Wildman–Crippen MR) is 74.5 cm³/mol. The zero-order valence-corrected chi connectivity index (χ0v) is 11.9. The van der Waals surface area contributed by atoms with Crippen molar-refractivity contribution in [1.82, 2.24) is 5.32 Å². The maximum Gasteiger partial charge on any atom is 0.232 e. The third-order valence-electron chi connectivity index (χ3n) is 2.79. The molecule has 0 radical (unpaired) electrons. The van der Waals surface area contributed by atoms with E-state index in [1.807, 2.05) is 0 Å². The van der Waals surface area contributed by atoms with Gasteiger partial charge in [-0.15, -0.1) is 0 Å².